The number of rotatable bonds is 7. The number of hydrogen-bond acceptors (Lipinski definition) is 7. The first-order chi connectivity index (χ1) is 20.3. The third-order valence-electron chi connectivity index (χ3n) is 8.30. The zero-order chi connectivity index (χ0) is 27.4. The first-order valence-corrected chi connectivity index (χ1v) is 14.9. The van der Waals surface area contributed by atoms with Gasteiger partial charge < -0.3 is 14.4 Å². The summed E-state index contributed by atoms with van der Waals surface area (Å²) >= 11 is 0. The second-order valence-corrected chi connectivity index (χ2v) is 11.1. The highest BCUT2D eigenvalue weighted by molar-refractivity contribution is 5.99. The molecule has 2 aromatic heterocycles. The molecule has 3 aromatic carbocycles. The molecular weight excluding hydrogens is 508 g/mol. The highest BCUT2D eigenvalue weighted by atomic mass is 15.4. The lowest BCUT2D eigenvalue weighted by molar-refractivity contribution is 0.556. The molecule has 4 heterocycles. The predicted molar refractivity (Wildman–Crippen MR) is 168 cm³/mol. The molecule has 2 aliphatic heterocycles. The molecule has 0 unspecified atom stereocenters. The van der Waals surface area contributed by atoms with Gasteiger partial charge in [-0.2, -0.15) is 20.1 Å². The van der Waals surface area contributed by atoms with Crippen LogP contribution in [0, 0.1) is 0 Å². The number of nitrogens with zero attached hydrogens (tertiary/aromatic N) is 7. The van der Waals surface area contributed by atoms with Crippen LogP contribution in [0.4, 0.5) is 17.8 Å². The van der Waals surface area contributed by atoms with Gasteiger partial charge in [0.05, 0.1) is 6.21 Å². The third kappa shape index (κ3) is 5.46. The average Bonchev–Trinajstić information content (AvgIpc) is 3.39. The first kappa shape index (κ1) is 25.5. The molecule has 208 valence electrons. The number of anilines is 3. The minimum absolute atomic E-state index is 0.497. The average molecular weight is 545 g/mol. The van der Waals surface area contributed by atoms with Gasteiger partial charge in [-0.05, 0) is 60.9 Å². The maximum absolute atomic E-state index is 4.89. The number of aromatic nitrogens is 4. The van der Waals surface area contributed by atoms with E-state index < -0.39 is 0 Å². The van der Waals surface area contributed by atoms with Crippen LogP contribution >= 0.6 is 0 Å². The fourth-order valence-electron chi connectivity index (χ4n) is 6.16. The molecule has 0 saturated carbocycles. The van der Waals surface area contributed by atoms with Crippen LogP contribution in [0.2, 0.25) is 0 Å². The summed E-state index contributed by atoms with van der Waals surface area (Å²) in [6.07, 6.45) is 11.3. The van der Waals surface area contributed by atoms with Crippen molar-refractivity contribution in [2.24, 2.45) is 5.10 Å². The van der Waals surface area contributed by atoms with Gasteiger partial charge >= 0.3 is 0 Å². The number of fused-ring (bicyclic) bond motifs is 2. The van der Waals surface area contributed by atoms with E-state index in [4.69, 9.17) is 15.0 Å². The van der Waals surface area contributed by atoms with E-state index in [0.29, 0.717) is 5.95 Å². The van der Waals surface area contributed by atoms with Gasteiger partial charge in [0.25, 0.3) is 0 Å². The van der Waals surface area contributed by atoms with Crippen LogP contribution < -0.4 is 15.2 Å². The van der Waals surface area contributed by atoms with Gasteiger partial charge in [0, 0.05) is 55.4 Å². The Balaban J connectivity index is 1.17. The molecule has 0 aliphatic carbocycles. The van der Waals surface area contributed by atoms with Crippen LogP contribution in [0.5, 0.6) is 0 Å². The molecular formula is C33H36N8. The monoisotopic (exact) mass is 544 g/mol. The SMILES string of the molecule is C(=N/Nc1nc(N2CCCCC2)nc(N2CCCCC2)n1)/c1cn(Cc2cccc3ccccc23)c2ccccc12. The van der Waals surface area contributed by atoms with Crippen molar-refractivity contribution in [2.75, 3.05) is 41.4 Å². The van der Waals surface area contributed by atoms with E-state index in [1.807, 2.05) is 6.21 Å². The predicted octanol–water partition coefficient (Wildman–Crippen LogP) is 6.45. The Morgan fingerprint density at radius 1 is 0.683 bits per heavy atom. The summed E-state index contributed by atoms with van der Waals surface area (Å²) in [5.74, 6) is 2.01. The fourth-order valence-corrected chi connectivity index (χ4v) is 6.16. The zero-order valence-corrected chi connectivity index (χ0v) is 23.4. The molecule has 8 heteroatoms. The summed E-state index contributed by atoms with van der Waals surface area (Å²) in [5.41, 5.74) is 6.68. The molecule has 2 fully saturated rings. The van der Waals surface area contributed by atoms with E-state index in [1.165, 1.54) is 60.4 Å². The molecule has 0 amide bonds. The largest absolute Gasteiger partial charge is 0.342 e. The van der Waals surface area contributed by atoms with Crippen LogP contribution in [0.25, 0.3) is 21.7 Å². The number of hydrogen-bond donors (Lipinski definition) is 1. The van der Waals surface area contributed by atoms with E-state index in [1.54, 1.807) is 0 Å². The van der Waals surface area contributed by atoms with Crippen molar-refractivity contribution in [3.8, 4) is 0 Å². The second-order valence-electron chi connectivity index (χ2n) is 11.1. The van der Waals surface area contributed by atoms with Gasteiger partial charge in [0.1, 0.15) is 0 Å². The van der Waals surface area contributed by atoms with Crippen LogP contribution in [-0.4, -0.2) is 51.9 Å². The highest BCUT2D eigenvalue weighted by Gasteiger charge is 2.20. The lowest BCUT2D eigenvalue weighted by Crippen LogP contribution is -2.34. The molecule has 0 spiro atoms. The van der Waals surface area contributed by atoms with Gasteiger partial charge in [-0.15, -0.1) is 0 Å². The Kier molecular flexibility index (Phi) is 7.20. The third-order valence-corrected chi connectivity index (χ3v) is 8.30. The second kappa shape index (κ2) is 11.6. The van der Waals surface area contributed by atoms with Gasteiger partial charge in [-0.3, -0.25) is 0 Å². The van der Waals surface area contributed by atoms with Gasteiger partial charge in [-0.1, -0.05) is 60.7 Å². The lowest BCUT2D eigenvalue weighted by Gasteiger charge is -2.30. The molecule has 0 bridgehead atoms. The van der Waals surface area contributed by atoms with Crippen LogP contribution in [0.15, 0.2) is 78.0 Å². The zero-order valence-electron chi connectivity index (χ0n) is 23.4. The minimum atomic E-state index is 0.497. The first-order valence-electron chi connectivity index (χ1n) is 14.9. The van der Waals surface area contributed by atoms with Crippen molar-refractivity contribution in [1.82, 2.24) is 19.5 Å². The summed E-state index contributed by atoms with van der Waals surface area (Å²) in [4.78, 5) is 19.0. The standard InChI is InChI=1S/C33H36N8/c1-7-18-39(19-8-1)32-35-31(36-33(37-32)40-20-9-2-10-21-40)38-34-22-27-24-41(30-17-6-5-16-29(27)30)23-26-14-11-13-25-12-3-4-15-28(25)26/h3-6,11-17,22,24H,1-2,7-10,18-21,23H2,(H,35,36,37,38)/b34-22-. The Morgan fingerprint density at radius 2 is 1.32 bits per heavy atom. The Labute approximate surface area is 240 Å². The van der Waals surface area contributed by atoms with E-state index in [2.05, 4.69) is 97.8 Å². The van der Waals surface area contributed by atoms with E-state index >= 15 is 0 Å². The van der Waals surface area contributed by atoms with Crippen molar-refractivity contribution < 1.29 is 0 Å². The van der Waals surface area contributed by atoms with Gasteiger partial charge in [-0.25, -0.2) is 5.43 Å². The number of para-hydroxylation sites is 1. The highest BCUT2D eigenvalue weighted by Crippen LogP contribution is 2.26. The van der Waals surface area contributed by atoms with Crippen LogP contribution in [-0.2, 0) is 6.54 Å². The molecule has 0 atom stereocenters. The summed E-state index contributed by atoms with van der Waals surface area (Å²) in [7, 11) is 0. The van der Waals surface area contributed by atoms with Crippen molar-refractivity contribution >= 4 is 45.7 Å². The molecule has 2 aliphatic rings. The number of nitrogens with one attached hydrogen (secondary N) is 1. The summed E-state index contributed by atoms with van der Waals surface area (Å²) in [5, 5.41) is 8.34. The van der Waals surface area contributed by atoms with E-state index in [-0.39, 0.29) is 0 Å². The molecule has 41 heavy (non-hydrogen) atoms. The molecule has 5 aromatic rings. The van der Waals surface area contributed by atoms with E-state index in [0.717, 1.165) is 55.6 Å². The maximum atomic E-state index is 4.89. The minimum Gasteiger partial charge on any atom is -0.342 e. The summed E-state index contributed by atoms with van der Waals surface area (Å²) < 4.78 is 2.31. The number of piperidine rings is 2. The maximum Gasteiger partial charge on any atom is 0.250 e. The lowest BCUT2D eigenvalue weighted by atomic mass is 10.0. The van der Waals surface area contributed by atoms with Crippen molar-refractivity contribution in [2.45, 2.75) is 45.1 Å². The Hall–Kier alpha value is -4.46. The van der Waals surface area contributed by atoms with Crippen molar-refractivity contribution in [3.05, 3.63) is 84.1 Å². The van der Waals surface area contributed by atoms with Gasteiger partial charge in [0.15, 0.2) is 0 Å². The molecule has 7 rings (SSSR count). The summed E-state index contributed by atoms with van der Waals surface area (Å²) in [6.45, 7) is 4.74. The Morgan fingerprint density at radius 3 is 2.05 bits per heavy atom. The topological polar surface area (TPSA) is 74.5 Å². The van der Waals surface area contributed by atoms with Crippen molar-refractivity contribution in [3.63, 3.8) is 0 Å². The number of hydrazone groups is 1. The number of benzene rings is 3. The molecule has 8 nitrogen and oxygen atoms in total. The fraction of sp³-hybridized carbons (Fsp3) is 0.333. The van der Waals surface area contributed by atoms with E-state index in [9.17, 15) is 0 Å². The molecule has 2 saturated heterocycles. The summed E-state index contributed by atoms with van der Waals surface area (Å²) in [6, 6.07) is 23.6. The molecule has 0 radical (unpaired) electrons. The molecule has 1 N–H and O–H groups in total. The quantitative estimate of drug-likeness (QED) is 0.187. The smallest absolute Gasteiger partial charge is 0.250 e. The van der Waals surface area contributed by atoms with Gasteiger partial charge in [0.2, 0.25) is 17.8 Å². The van der Waals surface area contributed by atoms with Crippen molar-refractivity contribution in [1.29, 1.82) is 0 Å². The Bertz CT molecular complexity index is 1640. The van der Waals surface area contributed by atoms with Crippen LogP contribution in [0.3, 0.4) is 0 Å². The normalized spacial score (nSPS) is 16.2. The van der Waals surface area contributed by atoms with Crippen LogP contribution in [0.1, 0.15) is 49.7 Å².